The molecule has 0 amide bonds. The van der Waals surface area contributed by atoms with Gasteiger partial charge in [0.2, 0.25) is 0 Å². The van der Waals surface area contributed by atoms with Gasteiger partial charge in [0, 0.05) is 22.7 Å². The van der Waals surface area contributed by atoms with E-state index in [4.69, 9.17) is 0 Å². The van der Waals surface area contributed by atoms with Gasteiger partial charge in [-0.25, -0.2) is 4.39 Å². The lowest BCUT2D eigenvalue weighted by Crippen LogP contribution is -2.32. The molecule has 2 atom stereocenters. The Morgan fingerprint density at radius 3 is 2.71 bits per heavy atom. The van der Waals surface area contributed by atoms with Gasteiger partial charge in [-0.15, -0.1) is 0 Å². The number of Topliss-reactive ketones (excluding diaryl/α,β-unsaturated/α-hetero) is 1. The zero-order valence-electron chi connectivity index (χ0n) is 7.76. The smallest absolute Gasteiger partial charge is 0.136 e. The SMILES string of the molecule is CC1C(=O)CC1c1ccc(F)cc1Br. The largest absolute Gasteiger partial charge is 0.299 e. The fraction of sp³-hybridized carbons (Fsp3) is 0.364. The predicted molar refractivity (Wildman–Crippen MR) is 55.6 cm³/mol. The number of ketones is 1. The van der Waals surface area contributed by atoms with Crippen LogP contribution in [0.5, 0.6) is 0 Å². The van der Waals surface area contributed by atoms with Crippen LogP contribution in [0.4, 0.5) is 4.39 Å². The molecule has 1 aliphatic carbocycles. The average molecular weight is 257 g/mol. The second-order valence-corrected chi connectivity index (χ2v) is 4.59. The topological polar surface area (TPSA) is 17.1 Å². The van der Waals surface area contributed by atoms with Gasteiger partial charge >= 0.3 is 0 Å². The molecule has 1 fully saturated rings. The molecule has 1 aliphatic rings. The fourth-order valence-electron chi connectivity index (χ4n) is 1.82. The monoisotopic (exact) mass is 256 g/mol. The van der Waals surface area contributed by atoms with E-state index >= 15 is 0 Å². The quantitative estimate of drug-likeness (QED) is 0.754. The van der Waals surface area contributed by atoms with Crippen LogP contribution in [-0.2, 0) is 4.79 Å². The molecule has 1 saturated carbocycles. The summed E-state index contributed by atoms with van der Waals surface area (Å²) in [4.78, 5) is 11.1. The van der Waals surface area contributed by atoms with Gasteiger partial charge in [-0.1, -0.05) is 28.9 Å². The Morgan fingerprint density at radius 2 is 2.21 bits per heavy atom. The highest BCUT2D eigenvalue weighted by molar-refractivity contribution is 9.10. The molecule has 0 radical (unpaired) electrons. The molecule has 1 aromatic carbocycles. The van der Waals surface area contributed by atoms with E-state index in [0.29, 0.717) is 12.2 Å². The third-order valence-electron chi connectivity index (χ3n) is 2.89. The van der Waals surface area contributed by atoms with Crippen LogP contribution in [0.25, 0.3) is 0 Å². The second kappa shape index (κ2) is 3.46. The van der Waals surface area contributed by atoms with Gasteiger partial charge in [-0.3, -0.25) is 4.79 Å². The first-order valence-electron chi connectivity index (χ1n) is 4.57. The van der Waals surface area contributed by atoms with Crippen LogP contribution in [0, 0.1) is 11.7 Å². The van der Waals surface area contributed by atoms with Gasteiger partial charge in [0.1, 0.15) is 11.6 Å². The fourth-order valence-corrected chi connectivity index (χ4v) is 2.47. The number of carbonyl (C=O) groups excluding carboxylic acids is 1. The first-order valence-corrected chi connectivity index (χ1v) is 5.36. The van der Waals surface area contributed by atoms with E-state index in [0.717, 1.165) is 10.0 Å². The minimum absolute atomic E-state index is 0.0803. The van der Waals surface area contributed by atoms with E-state index in [1.54, 1.807) is 6.07 Å². The number of rotatable bonds is 1. The number of hydrogen-bond donors (Lipinski definition) is 0. The number of carbonyl (C=O) groups is 1. The summed E-state index contributed by atoms with van der Waals surface area (Å²) in [6.07, 6.45) is 0.589. The van der Waals surface area contributed by atoms with Crippen molar-refractivity contribution in [3.05, 3.63) is 34.1 Å². The third-order valence-corrected chi connectivity index (χ3v) is 3.58. The molecule has 0 saturated heterocycles. The molecule has 3 heteroatoms. The summed E-state index contributed by atoms with van der Waals surface area (Å²) in [7, 11) is 0. The maximum absolute atomic E-state index is 12.8. The highest BCUT2D eigenvalue weighted by Crippen LogP contribution is 2.42. The number of halogens is 2. The molecular formula is C11H10BrFO. The molecule has 14 heavy (non-hydrogen) atoms. The molecule has 0 aromatic heterocycles. The number of hydrogen-bond acceptors (Lipinski definition) is 1. The van der Waals surface area contributed by atoms with Crippen LogP contribution >= 0.6 is 15.9 Å². The first-order chi connectivity index (χ1) is 6.59. The third kappa shape index (κ3) is 1.50. The van der Waals surface area contributed by atoms with Crippen molar-refractivity contribution in [2.45, 2.75) is 19.3 Å². The van der Waals surface area contributed by atoms with Crippen molar-refractivity contribution in [2.75, 3.05) is 0 Å². The van der Waals surface area contributed by atoms with E-state index in [2.05, 4.69) is 15.9 Å². The Labute approximate surface area is 90.4 Å². The van der Waals surface area contributed by atoms with E-state index in [9.17, 15) is 9.18 Å². The molecule has 0 spiro atoms. The summed E-state index contributed by atoms with van der Waals surface area (Å²) in [6, 6.07) is 4.65. The Kier molecular flexibility index (Phi) is 2.43. The van der Waals surface area contributed by atoms with E-state index < -0.39 is 0 Å². The Hall–Kier alpha value is -0.700. The van der Waals surface area contributed by atoms with Crippen molar-refractivity contribution in [2.24, 2.45) is 5.92 Å². The highest BCUT2D eigenvalue weighted by Gasteiger charge is 2.37. The predicted octanol–water partition coefficient (Wildman–Crippen LogP) is 3.28. The standard InChI is InChI=1S/C11H10BrFO/c1-6-9(5-11(6)14)8-3-2-7(13)4-10(8)12/h2-4,6,9H,5H2,1H3. The summed E-state index contributed by atoms with van der Waals surface area (Å²) >= 11 is 3.32. The molecular weight excluding hydrogens is 247 g/mol. The average Bonchev–Trinajstić information content (AvgIpc) is 2.15. The summed E-state index contributed by atoms with van der Waals surface area (Å²) in [5, 5.41) is 0. The van der Waals surface area contributed by atoms with E-state index in [1.807, 2.05) is 6.92 Å². The van der Waals surface area contributed by atoms with Crippen molar-refractivity contribution in [3.63, 3.8) is 0 Å². The lowest BCUT2D eigenvalue weighted by Gasteiger charge is -2.33. The minimum atomic E-state index is -0.251. The van der Waals surface area contributed by atoms with Crippen molar-refractivity contribution in [1.29, 1.82) is 0 Å². The lowest BCUT2D eigenvalue weighted by atomic mass is 9.70. The van der Waals surface area contributed by atoms with Crippen LogP contribution in [-0.4, -0.2) is 5.78 Å². The maximum Gasteiger partial charge on any atom is 0.136 e. The summed E-state index contributed by atoms with van der Waals surface area (Å²) < 4.78 is 13.6. The first kappa shape index (κ1) is 9.84. The Bertz CT molecular complexity index is 389. The van der Waals surface area contributed by atoms with Crippen LogP contribution < -0.4 is 0 Å². The number of benzene rings is 1. The molecule has 74 valence electrons. The van der Waals surface area contributed by atoms with Crippen LogP contribution in [0.2, 0.25) is 0 Å². The van der Waals surface area contributed by atoms with Crippen LogP contribution in [0.15, 0.2) is 22.7 Å². The van der Waals surface area contributed by atoms with Gasteiger partial charge in [0.25, 0.3) is 0 Å². The molecule has 1 nitrogen and oxygen atoms in total. The molecule has 2 rings (SSSR count). The molecule has 0 bridgehead atoms. The van der Waals surface area contributed by atoms with Gasteiger partial charge in [0.15, 0.2) is 0 Å². The minimum Gasteiger partial charge on any atom is -0.299 e. The van der Waals surface area contributed by atoms with Crippen molar-refractivity contribution in [3.8, 4) is 0 Å². The Balaban J connectivity index is 2.30. The summed E-state index contributed by atoms with van der Waals surface area (Å²) in [6.45, 7) is 1.92. The summed E-state index contributed by atoms with van der Waals surface area (Å²) in [5.41, 5.74) is 1.04. The maximum atomic E-state index is 12.8. The lowest BCUT2D eigenvalue weighted by molar-refractivity contribution is -0.130. The normalized spacial score (nSPS) is 26.1. The van der Waals surface area contributed by atoms with Gasteiger partial charge < -0.3 is 0 Å². The molecule has 0 heterocycles. The van der Waals surface area contributed by atoms with E-state index in [1.165, 1.54) is 12.1 Å². The summed E-state index contributed by atoms with van der Waals surface area (Å²) in [5.74, 6) is 0.388. The molecule has 0 N–H and O–H groups in total. The van der Waals surface area contributed by atoms with Crippen molar-refractivity contribution >= 4 is 21.7 Å². The molecule has 0 aliphatic heterocycles. The zero-order valence-corrected chi connectivity index (χ0v) is 9.34. The second-order valence-electron chi connectivity index (χ2n) is 3.73. The van der Waals surface area contributed by atoms with Crippen molar-refractivity contribution in [1.82, 2.24) is 0 Å². The molecule has 1 aromatic rings. The van der Waals surface area contributed by atoms with Gasteiger partial charge in [-0.2, -0.15) is 0 Å². The van der Waals surface area contributed by atoms with Crippen LogP contribution in [0.1, 0.15) is 24.8 Å². The van der Waals surface area contributed by atoms with Crippen LogP contribution in [0.3, 0.4) is 0 Å². The van der Waals surface area contributed by atoms with Gasteiger partial charge in [-0.05, 0) is 17.7 Å². The molecule has 2 unspecified atom stereocenters. The van der Waals surface area contributed by atoms with Crippen molar-refractivity contribution < 1.29 is 9.18 Å². The zero-order chi connectivity index (χ0) is 10.3. The highest BCUT2D eigenvalue weighted by atomic mass is 79.9. The van der Waals surface area contributed by atoms with Gasteiger partial charge in [0.05, 0.1) is 0 Å². The Morgan fingerprint density at radius 1 is 1.50 bits per heavy atom. The van der Waals surface area contributed by atoms with E-state index in [-0.39, 0.29) is 17.7 Å².